The molecule has 1 fully saturated rings. The van der Waals surface area contributed by atoms with Crippen LogP contribution in [0.2, 0.25) is 0 Å². The lowest BCUT2D eigenvalue weighted by atomic mass is 9.89. The van der Waals surface area contributed by atoms with Gasteiger partial charge in [-0.2, -0.15) is 0 Å². The molecule has 2 aromatic heterocycles. The Bertz CT molecular complexity index is 1490. The van der Waals surface area contributed by atoms with Gasteiger partial charge in [-0.3, -0.25) is 14.6 Å². The molecule has 0 spiro atoms. The molecular formula is C32H42N6O4. The minimum Gasteiger partial charge on any atom is -0.465 e. The summed E-state index contributed by atoms with van der Waals surface area (Å²) in [5.41, 5.74) is 7.00. The summed E-state index contributed by atoms with van der Waals surface area (Å²) in [4.78, 5) is 49.0. The second-order valence-corrected chi connectivity index (χ2v) is 11.6. The fraction of sp³-hybridized carbons (Fsp3) is 0.438. The Kier molecular flexibility index (Phi) is 9.67. The molecule has 10 nitrogen and oxygen atoms in total. The van der Waals surface area contributed by atoms with E-state index in [1.165, 1.54) is 0 Å². The van der Waals surface area contributed by atoms with E-state index < -0.39 is 6.09 Å². The number of carboxylic acid groups (broad SMARTS) is 1. The zero-order chi connectivity index (χ0) is 30.6. The van der Waals surface area contributed by atoms with Gasteiger partial charge in [-0.05, 0) is 102 Å². The van der Waals surface area contributed by atoms with Gasteiger partial charge in [-0.1, -0.05) is 6.07 Å². The molecule has 2 amide bonds. The van der Waals surface area contributed by atoms with Gasteiger partial charge in [0.25, 0.3) is 11.5 Å². The molecule has 4 N–H and O–H groups in total. The van der Waals surface area contributed by atoms with Crippen LogP contribution >= 0.6 is 0 Å². The van der Waals surface area contributed by atoms with E-state index >= 15 is 0 Å². The van der Waals surface area contributed by atoms with Crippen LogP contribution < -0.4 is 21.1 Å². The van der Waals surface area contributed by atoms with Crippen molar-refractivity contribution in [3.8, 4) is 11.1 Å². The third-order valence-corrected chi connectivity index (χ3v) is 8.13. The third kappa shape index (κ3) is 7.36. The van der Waals surface area contributed by atoms with Gasteiger partial charge in [0, 0.05) is 66.5 Å². The minimum absolute atomic E-state index is 0.0407. The number of aromatic nitrogens is 2. The normalized spacial score (nSPS) is 16.7. The van der Waals surface area contributed by atoms with Crippen LogP contribution in [-0.4, -0.2) is 65.2 Å². The van der Waals surface area contributed by atoms with Crippen LogP contribution in [0.5, 0.6) is 0 Å². The van der Waals surface area contributed by atoms with Crippen LogP contribution in [0.4, 0.5) is 10.5 Å². The first-order valence-electron chi connectivity index (χ1n) is 14.4. The highest BCUT2D eigenvalue weighted by atomic mass is 16.4. The lowest BCUT2D eigenvalue weighted by molar-refractivity contribution is 0.0950. The van der Waals surface area contributed by atoms with Gasteiger partial charge < -0.3 is 30.5 Å². The molecule has 0 saturated heterocycles. The van der Waals surface area contributed by atoms with Crippen molar-refractivity contribution in [2.45, 2.75) is 71.6 Å². The van der Waals surface area contributed by atoms with E-state index in [2.05, 4.69) is 36.5 Å². The van der Waals surface area contributed by atoms with Crippen molar-refractivity contribution in [3.63, 3.8) is 0 Å². The lowest BCUT2D eigenvalue weighted by Gasteiger charge is -2.37. The molecule has 1 aliphatic carbocycles. The molecule has 10 heteroatoms. The number of anilines is 1. The Morgan fingerprint density at radius 2 is 1.74 bits per heavy atom. The standard InChI is InChI=1S/C32H42N6O4/c1-19-13-20(2)35-31(40)28(19)17-34-30(39)27-14-23(22-7-8-25(33-16-22)18-37(4)5)15-29(21(27)3)38(6)26-11-9-24(10-12-26)36-32(41)42/h7-8,13-16,24,26,36H,9-12,17-18H2,1-6H3,(H,34,39)(H,35,40)(H,41,42)/t24-,26-. The average Bonchev–Trinajstić information content (AvgIpc) is 2.92. The Morgan fingerprint density at radius 1 is 1.02 bits per heavy atom. The minimum atomic E-state index is -0.987. The van der Waals surface area contributed by atoms with Crippen molar-refractivity contribution in [1.29, 1.82) is 0 Å². The highest BCUT2D eigenvalue weighted by molar-refractivity contribution is 5.98. The summed E-state index contributed by atoms with van der Waals surface area (Å²) in [6.45, 7) is 6.50. The molecule has 0 bridgehead atoms. The first-order chi connectivity index (χ1) is 19.9. The zero-order valence-electron chi connectivity index (χ0n) is 25.4. The number of H-pyrrole nitrogens is 1. The van der Waals surface area contributed by atoms with Crippen molar-refractivity contribution >= 4 is 17.7 Å². The Hall–Kier alpha value is -4.18. The molecule has 1 saturated carbocycles. The van der Waals surface area contributed by atoms with Crippen LogP contribution in [0.15, 0.2) is 41.3 Å². The summed E-state index contributed by atoms with van der Waals surface area (Å²) in [7, 11) is 6.04. The summed E-state index contributed by atoms with van der Waals surface area (Å²) < 4.78 is 0. The van der Waals surface area contributed by atoms with E-state index in [1.807, 2.05) is 72.4 Å². The molecule has 1 aromatic carbocycles. The number of amides is 2. The van der Waals surface area contributed by atoms with Crippen molar-refractivity contribution in [2.75, 3.05) is 26.0 Å². The summed E-state index contributed by atoms with van der Waals surface area (Å²) in [6, 6.07) is 10.1. The highest BCUT2D eigenvalue weighted by Gasteiger charge is 2.27. The monoisotopic (exact) mass is 574 g/mol. The van der Waals surface area contributed by atoms with Crippen molar-refractivity contribution < 1.29 is 14.7 Å². The van der Waals surface area contributed by atoms with Gasteiger partial charge in [-0.25, -0.2) is 4.79 Å². The SMILES string of the molecule is Cc1cc(C)c(CNC(=O)c2cc(-c3ccc(CN(C)C)nc3)cc(N(C)[C@H]3CC[C@H](NC(=O)O)CC3)c2C)c(=O)[nH]1. The van der Waals surface area contributed by atoms with Gasteiger partial charge in [0.1, 0.15) is 0 Å². The van der Waals surface area contributed by atoms with Crippen LogP contribution in [0.25, 0.3) is 11.1 Å². The number of carbonyl (C=O) groups is 2. The van der Waals surface area contributed by atoms with Crippen LogP contribution in [0, 0.1) is 20.8 Å². The van der Waals surface area contributed by atoms with Crippen molar-refractivity contribution in [1.82, 2.24) is 25.5 Å². The van der Waals surface area contributed by atoms with Gasteiger partial charge in [0.2, 0.25) is 0 Å². The predicted molar refractivity (Wildman–Crippen MR) is 165 cm³/mol. The summed E-state index contributed by atoms with van der Waals surface area (Å²) in [6.07, 6.45) is 4.04. The summed E-state index contributed by atoms with van der Waals surface area (Å²) >= 11 is 0. The molecule has 0 radical (unpaired) electrons. The first kappa shape index (κ1) is 30.8. The largest absolute Gasteiger partial charge is 0.465 e. The lowest BCUT2D eigenvalue weighted by Crippen LogP contribution is -2.42. The fourth-order valence-electron chi connectivity index (χ4n) is 5.82. The molecule has 2 heterocycles. The number of benzene rings is 1. The van der Waals surface area contributed by atoms with Crippen LogP contribution in [0.1, 0.15) is 64.1 Å². The number of hydrogen-bond acceptors (Lipinski definition) is 6. The molecule has 0 atom stereocenters. The molecular weight excluding hydrogens is 532 g/mol. The number of hydrogen-bond donors (Lipinski definition) is 4. The van der Waals surface area contributed by atoms with E-state index in [0.717, 1.165) is 71.6 Å². The maximum absolute atomic E-state index is 13.7. The number of pyridine rings is 2. The molecule has 0 aliphatic heterocycles. The van der Waals surface area contributed by atoms with Gasteiger partial charge in [-0.15, -0.1) is 0 Å². The molecule has 1 aliphatic rings. The maximum Gasteiger partial charge on any atom is 0.404 e. The molecule has 3 aromatic rings. The predicted octanol–water partition coefficient (Wildman–Crippen LogP) is 4.37. The highest BCUT2D eigenvalue weighted by Crippen LogP contribution is 2.34. The zero-order valence-corrected chi connectivity index (χ0v) is 25.4. The number of aryl methyl sites for hydroxylation is 2. The Labute approximate surface area is 247 Å². The molecule has 0 unspecified atom stereocenters. The number of nitrogens with one attached hydrogen (secondary N) is 3. The van der Waals surface area contributed by atoms with E-state index in [0.29, 0.717) is 11.1 Å². The second-order valence-electron chi connectivity index (χ2n) is 11.6. The fourth-order valence-corrected chi connectivity index (χ4v) is 5.82. The van der Waals surface area contributed by atoms with Gasteiger partial charge >= 0.3 is 6.09 Å². The summed E-state index contributed by atoms with van der Waals surface area (Å²) in [5.74, 6) is -0.255. The molecule has 42 heavy (non-hydrogen) atoms. The number of carbonyl (C=O) groups excluding carboxylic acids is 1. The van der Waals surface area contributed by atoms with Gasteiger partial charge in [0.05, 0.1) is 5.69 Å². The van der Waals surface area contributed by atoms with Crippen molar-refractivity contribution in [3.05, 3.63) is 80.5 Å². The van der Waals surface area contributed by atoms with Gasteiger partial charge in [0.15, 0.2) is 0 Å². The molecule has 224 valence electrons. The van der Waals surface area contributed by atoms with E-state index in [1.54, 1.807) is 0 Å². The second kappa shape index (κ2) is 13.2. The topological polar surface area (TPSA) is 131 Å². The smallest absolute Gasteiger partial charge is 0.404 e. The average molecular weight is 575 g/mol. The first-order valence-corrected chi connectivity index (χ1v) is 14.4. The van der Waals surface area contributed by atoms with E-state index in [4.69, 9.17) is 5.11 Å². The number of nitrogens with zero attached hydrogens (tertiary/aromatic N) is 3. The quantitative estimate of drug-likeness (QED) is 0.299. The summed E-state index contributed by atoms with van der Waals surface area (Å²) in [5, 5.41) is 14.7. The van der Waals surface area contributed by atoms with Crippen molar-refractivity contribution in [2.24, 2.45) is 0 Å². The number of rotatable bonds is 9. The Morgan fingerprint density at radius 3 is 2.33 bits per heavy atom. The maximum atomic E-state index is 13.7. The third-order valence-electron chi connectivity index (χ3n) is 8.13. The number of aromatic amines is 1. The van der Waals surface area contributed by atoms with Crippen LogP contribution in [0.3, 0.4) is 0 Å². The Balaban J connectivity index is 1.66. The molecule has 4 rings (SSSR count). The van der Waals surface area contributed by atoms with E-state index in [-0.39, 0.29) is 30.1 Å². The van der Waals surface area contributed by atoms with Crippen LogP contribution in [-0.2, 0) is 13.1 Å². The van der Waals surface area contributed by atoms with E-state index in [9.17, 15) is 14.4 Å².